The van der Waals surface area contributed by atoms with E-state index in [1.54, 1.807) is 13.3 Å². The molecule has 2 aromatic carbocycles. The van der Waals surface area contributed by atoms with E-state index in [0.29, 0.717) is 31.3 Å². The zero-order valence-corrected chi connectivity index (χ0v) is 16.5. The molecule has 0 aliphatic heterocycles. The van der Waals surface area contributed by atoms with Crippen LogP contribution in [0, 0.1) is 6.92 Å². The highest BCUT2D eigenvalue weighted by Gasteiger charge is 2.07. The van der Waals surface area contributed by atoms with E-state index in [2.05, 4.69) is 39.7 Å². The molecule has 0 radical (unpaired) electrons. The fourth-order valence-corrected chi connectivity index (χ4v) is 2.65. The molecule has 0 bridgehead atoms. The van der Waals surface area contributed by atoms with Crippen molar-refractivity contribution >= 4 is 11.7 Å². The van der Waals surface area contributed by atoms with Crippen LogP contribution in [0.2, 0.25) is 0 Å². The topological polar surface area (TPSA) is 85.4 Å². The van der Waals surface area contributed by atoms with Crippen LogP contribution in [-0.4, -0.2) is 36.1 Å². The zero-order chi connectivity index (χ0) is 20.5. The van der Waals surface area contributed by atoms with Crippen molar-refractivity contribution in [3.8, 4) is 11.5 Å². The highest BCUT2D eigenvalue weighted by atomic mass is 16.5. The molecule has 0 saturated carbocycles. The lowest BCUT2D eigenvalue weighted by Crippen LogP contribution is -2.28. The smallest absolute Gasteiger partial charge is 0.271 e. The minimum atomic E-state index is -0.291. The zero-order valence-electron chi connectivity index (χ0n) is 16.5. The molecule has 0 spiro atoms. The van der Waals surface area contributed by atoms with Gasteiger partial charge >= 0.3 is 0 Å². The summed E-state index contributed by atoms with van der Waals surface area (Å²) in [5, 5.41) is 5.96. The number of aryl methyl sites for hydroxylation is 1. The quantitative estimate of drug-likeness (QED) is 0.544. The van der Waals surface area contributed by atoms with Crippen molar-refractivity contribution in [3.63, 3.8) is 0 Å². The van der Waals surface area contributed by atoms with E-state index in [9.17, 15) is 4.79 Å². The molecule has 7 heteroatoms. The Bertz CT molecular complexity index is 928. The fraction of sp³-hybridized carbons (Fsp3) is 0.227. The summed E-state index contributed by atoms with van der Waals surface area (Å²) in [7, 11) is 1.61. The predicted molar refractivity (Wildman–Crippen MR) is 111 cm³/mol. The normalized spacial score (nSPS) is 10.3. The van der Waals surface area contributed by atoms with Crippen molar-refractivity contribution in [2.45, 2.75) is 13.5 Å². The van der Waals surface area contributed by atoms with Gasteiger partial charge in [-0.25, -0.2) is 9.97 Å². The van der Waals surface area contributed by atoms with Gasteiger partial charge in [-0.05, 0) is 36.8 Å². The lowest BCUT2D eigenvalue weighted by molar-refractivity contribution is 0.0941. The Kier molecular flexibility index (Phi) is 7.00. The first kappa shape index (κ1) is 20.1. The first-order valence-electron chi connectivity index (χ1n) is 9.30. The minimum absolute atomic E-state index is 0.260. The van der Waals surface area contributed by atoms with E-state index in [0.717, 1.165) is 11.3 Å². The highest BCUT2D eigenvalue weighted by Crippen LogP contribution is 2.16. The average Bonchev–Trinajstić information content (AvgIpc) is 2.76. The maximum atomic E-state index is 12.2. The van der Waals surface area contributed by atoms with Gasteiger partial charge in [-0.15, -0.1) is 0 Å². The molecule has 0 saturated heterocycles. The third-order valence-corrected chi connectivity index (χ3v) is 4.16. The first-order chi connectivity index (χ1) is 14.1. The molecule has 2 N–H and O–H groups in total. The molecule has 1 heterocycles. The van der Waals surface area contributed by atoms with Crippen molar-refractivity contribution in [1.29, 1.82) is 0 Å². The molecule has 0 unspecified atom stereocenters. The molecule has 3 rings (SSSR count). The lowest BCUT2D eigenvalue weighted by Gasteiger charge is -2.09. The standard InChI is InChI=1S/C22H24N4O3/c1-16-4-3-5-17(12-16)13-25-21-15-24-20(14-26-21)22(27)23-10-11-29-19-8-6-18(28-2)7-9-19/h3-9,12,14-15H,10-11,13H2,1-2H3,(H,23,27)(H,25,26). The Morgan fingerprint density at radius 2 is 1.83 bits per heavy atom. The van der Waals surface area contributed by atoms with Gasteiger partial charge in [0.25, 0.3) is 5.91 Å². The predicted octanol–water partition coefficient (Wildman–Crippen LogP) is 3.21. The third kappa shape index (κ3) is 6.21. The number of rotatable bonds is 9. The van der Waals surface area contributed by atoms with E-state index in [-0.39, 0.29) is 11.6 Å². The van der Waals surface area contributed by atoms with Gasteiger partial charge in [0.15, 0.2) is 0 Å². The molecule has 0 fully saturated rings. The molecule has 1 aromatic heterocycles. The summed E-state index contributed by atoms with van der Waals surface area (Å²) in [5.41, 5.74) is 2.62. The summed E-state index contributed by atoms with van der Waals surface area (Å²) in [6.45, 7) is 3.41. The Balaban J connectivity index is 1.41. The van der Waals surface area contributed by atoms with E-state index in [4.69, 9.17) is 9.47 Å². The van der Waals surface area contributed by atoms with Gasteiger partial charge in [-0.2, -0.15) is 0 Å². The van der Waals surface area contributed by atoms with Crippen LogP contribution < -0.4 is 20.1 Å². The molecule has 0 atom stereocenters. The second kappa shape index (κ2) is 10.1. The Morgan fingerprint density at radius 1 is 1.03 bits per heavy atom. The SMILES string of the molecule is COc1ccc(OCCNC(=O)c2cnc(NCc3cccc(C)c3)cn2)cc1. The molecule has 1 amide bonds. The van der Waals surface area contributed by atoms with E-state index >= 15 is 0 Å². The number of methoxy groups -OCH3 is 1. The molecule has 150 valence electrons. The second-order valence-electron chi connectivity index (χ2n) is 6.41. The number of carbonyl (C=O) groups is 1. The average molecular weight is 392 g/mol. The van der Waals surface area contributed by atoms with Crippen LogP contribution >= 0.6 is 0 Å². The largest absolute Gasteiger partial charge is 0.497 e. The second-order valence-corrected chi connectivity index (χ2v) is 6.41. The number of hydrogen-bond acceptors (Lipinski definition) is 6. The summed E-state index contributed by atoms with van der Waals surface area (Å²) in [5.74, 6) is 1.80. The first-order valence-corrected chi connectivity index (χ1v) is 9.30. The minimum Gasteiger partial charge on any atom is -0.497 e. The molecule has 7 nitrogen and oxygen atoms in total. The summed E-state index contributed by atoms with van der Waals surface area (Å²) >= 11 is 0. The Labute approximate surface area is 170 Å². The molecule has 29 heavy (non-hydrogen) atoms. The Morgan fingerprint density at radius 3 is 2.52 bits per heavy atom. The number of nitrogens with one attached hydrogen (secondary N) is 2. The highest BCUT2D eigenvalue weighted by molar-refractivity contribution is 5.91. The van der Waals surface area contributed by atoms with Gasteiger partial charge in [0.05, 0.1) is 26.0 Å². The Hall–Kier alpha value is -3.61. The van der Waals surface area contributed by atoms with Gasteiger partial charge in [-0.3, -0.25) is 4.79 Å². The number of aromatic nitrogens is 2. The maximum absolute atomic E-state index is 12.2. The van der Waals surface area contributed by atoms with Gasteiger partial charge < -0.3 is 20.1 Å². The van der Waals surface area contributed by atoms with E-state index in [1.807, 2.05) is 36.4 Å². The van der Waals surface area contributed by atoms with E-state index < -0.39 is 0 Å². The summed E-state index contributed by atoms with van der Waals surface area (Å²) in [4.78, 5) is 20.6. The van der Waals surface area contributed by atoms with Gasteiger partial charge in [0, 0.05) is 6.54 Å². The number of hydrogen-bond donors (Lipinski definition) is 2. The van der Waals surface area contributed by atoms with Crippen molar-refractivity contribution in [1.82, 2.24) is 15.3 Å². The number of anilines is 1. The number of nitrogens with zero attached hydrogens (tertiary/aromatic N) is 2. The number of amides is 1. The van der Waals surface area contributed by atoms with Crippen LogP contribution in [0.3, 0.4) is 0 Å². The molecular formula is C22H24N4O3. The van der Waals surface area contributed by atoms with Gasteiger partial charge in [-0.1, -0.05) is 29.8 Å². The number of ether oxygens (including phenoxy) is 2. The van der Waals surface area contributed by atoms with Crippen LogP contribution in [0.15, 0.2) is 60.9 Å². The molecule has 0 aliphatic rings. The summed E-state index contributed by atoms with van der Waals surface area (Å²) < 4.78 is 10.7. The van der Waals surface area contributed by atoms with Crippen molar-refractivity contribution in [2.75, 3.05) is 25.6 Å². The van der Waals surface area contributed by atoms with Crippen LogP contribution in [-0.2, 0) is 6.54 Å². The van der Waals surface area contributed by atoms with E-state index in [1.165, 1.54) is 11.8 Å². The third-order valence-electron chi connectivity index (χ3n) is 4.16. The van der Waals surface area contributed by atoms with Crippen LogP contribution in [0.4, 0.5) is 5.82 Å². The molecule has 0 aliphatic carbocycles. The summed E-state index contributed by atoms with van der Waals surface area (Å²) in [6.07, 6.45) is 3.01. The maximum Gasteiger partial charge on any atom is 0.271 e. The van der Waals surface area contributed by atoms with Gasteiger partial charge in [0.2, 0.25) is 0 Å². The number of carbonyl (C=O) groups excluding carboxylic acids is 1. The summed E-state index contributed by atoms with van der Waals surface area (Å²) in [6, 6.07) is 15.5. The lowest BCUT2D eigenvalue weighted by atomic mass is 10.1. The number of benzene rings is 2. The van der Waals surface area contributed by atoms with Crippen LogP contribution in [0.1, 0.15) is 21.6 Å². The van der Waals surface area contributed by atoms with Crippen molar-refractivity contribution in [2.24, 2.45) is 0 Å². The van der Waals surface area contributed by atoms with Crippen LogP contribution in [0.5, 0.6) is 11.5 Å². The van der Waals surface area contributed by atoms with Crippen molar-refractivity contribution in [3.05, 3.63) is 77.7 Å². The van der Waals surface area contributed by atoms with Crippen molar-refractivity contribution < 1.29 is 14.3 Å². The monoisotopic (exact) mass is 392 g/mol. The molecular weight excluding hydrogens is 368 g/mol. The van der Waals surface area contributed by atoms with Crippen LogP contribution in [0.25, 0.3) is 0 Å². The van der Waals surface area contributed by atoms with Gasteiger partial charge in [0.1, 0.15) is 29.6 Å². The molecule has 3 aromatic rings. The fourth-order valence-electron chi connectivity index (χ4n) is 2.65.